The van der Waals surface area contributed by atoms with E-state index in [2.05, 4.69) is 9.89 Å². The van der Waals surface area contributed by atoms with Crippen molar-refractivity contribution in [2.24, 2.45) is 4.99 Å². The number of likely N-dealkylation sites (tertiary alicyclic amines) is 1. The van der Waals surface area contributed by atoms with E-state index in [-0.39, 0.29) is 0 Å². The smallest absolute Gasteiger partial charge is 0.124 e. The number of rotatable bonds is 4. The average Bonchev–Trinajstić information content (AvgIpc) is 2.79. The zero-order valence-electron chi connectivity index (χ0n) is 9.28. The third kappa shape index (κ3) is 4.37. The quantitative estimate of drug-likeness (QED) is 0.707. The third-order valence-corrected chi connectivity index (χ3v) is 5.19. The maximum Gasteiger partial charge on any atom is 0.124 e. The van der Waals surface area contributed by atoms with Crippen LogP contribution in [0.1, 0.15) is 25.7 Å². The van der Waals surface area contributed by atoms with Crippen molar-refractivity contribution < 1.29 is 0 Å². The number of hydrogen-bond donors (Lipinski definition) is 0. The summed E-state index contributed by atoms with van der Waals surface area (Å²) in [5.74, 6) is 2.46. The lowest BCUT2D eigenvalue weighted by molar-refractivity contribution is 0.230. The van der Waals surface area contributed by atoms with Gasteiger partial charge in [0.15, 0.2) is 0 Å². The molecule has 0 aromatic rings. The fourth-order valence-electron chi connectivity index (χ4n) is 2.03. The van der Waals surface area contributed by atoms with Gasteiger partial charge in [-0.05, 0) is 38.9 Å². The van der Waals surface area contributed by atoms with E-state index in [1.54, 1.807) is 0 Å². The molecule has 2 aliphatic heterocycles. The highest BCUT2D eigenvalue weighted by Gasteiger charge is 2.10. The largest absolute Gasteiger partial charge is 0.303 e. The summed E-state index contributed by atoms with van der Waals surface area (Å²) in [6, 6.07) is 0. The summed E-state index contributed by atoms with van der Waals surface area (Å²) < 4.78 is 1.33. The Labute approximate surface area is 101 Å². The Balaban J connectivity index is 1.50. The van der Waals surface area contributed by atoms with E-state index in [0.717, 1.165) is 6.54 Å². The summed E-state index contributed by atoms with van der Waals surface area (Å²) in [4.78, 5) is 7.07. The van der Waals surface area contributed by atoms with Gasteiger partial charge in [0.05, 0.1) is 6.54 Å². The van der Waals surface area contributed by atoms with Gasteiger partial charge in [-0.3, -0.25) is 4.99 Å². The molecule has 15 heavy (non-hydrogen) atoms. The normalized spacial score (nSPS) is 23.1. The van der Waals surface area contributed by atoms with Crippen LogP contribution in [0.3, 0.4) is 0 Å². The van der Waals surface area contributed by atoms with Gasteiger partial charge in [0.25, 0.3) is 0 Å². The molecule has 0 saturated carbocycles. The Morgan fingerprint density at radius 3 is 2.87 bits per heavy atom. The number of hydrogen-bond acceptors (Lipinski definition) is 4. The topological polar surface area (TPSA) is 15.6 Å². The van der Waals surface area contributed by atoms with Crippen molar-refractivity contribution in [3.05, 3.63) is 0 Å². The predicted octanol–water partition coefficient (Wildman–Crippen LogP) is 2.70. The lowest BCUT2D eigenvalue weighted by Crippen LogP contribution is -2.30. The van der Waals surface area contributed by atoms with Crippen molar-refractivity contribution in [3.63, 3.8) is 0 Å². The highest BCUT2D eigenvalue weighted by molar-refractivity contribution is 8.39. The summed E-state index contributed by atoms with van der Waals surface area (Å²) in [6.07, 6.45) is 5.59. The van der Waals surface area contributed by atoms with Crippen LogP contribution in [0.2, 0.25) is 0 Å². The lowest BCUT2D eigenvalue weighted by Gasteiger charge is -2.26. The molecule has 86 valence electrons. The summed E-state index contributed by atoms with van der Waals surface area (Å²) >= 11 is 3.89. The van der Waals surface area contributed by atoms with Crippen LogP contribution in [-0.4, -0.2) is 47.0 Å². The van der Waals surface area contributed by atoms with Crippen molar-refractivity contribution in [3.8, 4) is 0 Å². The van der Waals surface area contributed by atoms with Crippen molar-refractivity contribution in [2.75, 3.05) is 37.7 Å². The first-order valence-electron chi connectivity index (χ1n) is 5.97. The number of aliphatic imine (C=N–C) groups is 1. The first-order valence-corrected chi connectivity index (χ1v) is 7.95. The maximum atomic E-state index is 4.45. The van der Waals surface area contributed by atoms with Crippen molar-refractivity contribution in [2.45, 2.75) is 25.7 Å². The van der Waals surface area contributed by atoms with Crippen LogP contribution >= 0.6 is 23.5 Å². The molecule has 0 unspecified atom stereocenters. The van der Waals surface area contributed by atoms with E-state index < -0.39 is 0 Å². The van der Waals surface area contributed by atoms with Crippen LogP contribution in [0.4, 0.5) is 0 Å². The molecule has 2 aliphatic rings. The van der Waals surface area contributed by atoms with Crippen LogP contribution in [0.5, 0.6) is 0 Å². The van der Waals surface area contributed by atoms with Crippen molar-refractivity contribution >= 4 is 27.9 Å². The van der Waals surface area contributed by atoms with Crippen LogP contribution in [0, 0.1) is 0 Å². The van der Waals surface area contributed by atoms with E-state index in [1.807, 2.05) is 23.5 Å². The Morgan fingerprint density at radius 2 is 2.13 bits per heavy atom. The highest BCUT2D eigenvalue weighted by atomic mass is 32.2. The summed E-state index contributed by atoms with van der Waals surface area (Å²) in [6.45, 7) is 5.00. The fourth-order valence-corrected chi connectivity index (χ4v) is 4.04. The second-order valence-electron chi connectivity index (χ2n) is 4.10. The Morgan fingerprint density at radius 1 is 1.27 bits per heavy atom. The molecule has 0 radical (unpaired) electrons. The zero-order valence-corrected chi connectivity index (χ0v) is 10.9. The molecule has 0 atom stereocenters. The minimum absolute atomic E-state index is 1.04. The van der Waals surface area contributed by atoms with Crippen LogP contribution in [0.15, 0.2) is 4.99 Å². The van der Waals surface area contributed by atoms with Gasteiger partial charge in [-0.2, -0.15) is 0 Å². The number of piperidine rings is 1. The molecule has 4 heteroatoms. The van der Waals surface area contributed by atoms with Gasteiger partial charge < -0.3 is 4.90 Å². The fraction of sp³-hybridized carbons (Fsp3) is 0.909. The molecular formula is C11H20N2S2. The van der Waals surface area contributed by atoms with E-state index >= 15 is 0 Å². The molecule has 0 aliphatic carbocycles. The SMILES string of the molecule is C1CCN(CCCSC2=NCCS2)CC1. The van der Waals surface area contributed by atoms with Gasteiger partial charge in [0.1, 0.15) is 4.38 Å². The minimum Gasteiger partial charge on any atom is -0.303 e. The zero-order chi connectivity index (χ0) is 10.3. The molecule has 0 bridgehead atoms. The maximum absolute atomic E-state index is 4.45. The number of thioether (sulfide) groups is 2. The average molecular weight is 244 g/mol. The van der Waals surface area contributed by atoms with E-state index in [9.17, 15) is 0 Å². The molecule has 0 aromatic heterocycles. The molecule has 2 heterocycles. The van der Waals surface area contributed by atoms with Gasteiger partial charge in [-0.25, -0.2) is 0 Å². The molecule has 2 nitrogen and oxygen atoms in total. The molecular weight excluding hydrogens is 224 g/mol. The molecule has 0 aromatic carbocycles. The van der Waals surface area contributed by atoms with Gasteiger partial charge >= 0.3 is 0 Å². The Hall–Kier alpha value is 0.330. The first-order chi connectivity index (χ1) is 7.45. The van der Waals surface area contributed by atoms with Crippen LogP contribution in [0.25, 0.3) is 0 Å². The monoisotopic (exact) mass is 244 g/mol. The minimum atomic E-state index is 1.04. The molecule has 0 amide bonds. The molecule has 1 fully saturated rings. The molecule has 1 saturated heterocycles. The van der Waals surface area contributed by atoms with Crippen LogP contribution in [-0.2, 0) is 0 Å². The Kier molecular flexibility index (Phi) is 5.36. The number of nitrogens with zero attached hydrogens (tertiary/aromatic N) is 2. The van der Waals surface area contributed by atoms with Gasteiger partial charge in [0, 0.05) is 11.5 Å². The second-order valence-corrected chi connectivity index (χ2v) is 6.53. The third-order valence-electron chi connectivity index (χ3n) is 2.85. The summed E-state index contributed by atoms with van der Waals surface area (Å²) in [5, 5.41) is 0. The van der Waals surface area contributed by atoms with Gasteiger partial charge in [0.2, 0.25) is 0 Å². The molecule has 2 rings (SSSR count). The van der Waals surface area contributed by atoms with E-state index in [0.29, 0.717) is 0 Å². The second kappa shape index (κ2) is 6.81. The van der Waals surface area contributed by atoms with Crippen molar-refractivity contribution in [1.29, 1.82) is 0 Å². The lowest BCUT2D eigenvalue weighted by atomic mass is 10.1. The summed E-state index contributed by atoms with van der Waals surface area (Å²) in [7, 11) is 0. The highest BCUT2D eigenvalue weighted by Crippen LogP contribution is 2.22. The van der Waals surface area contributed by atoms with Gasteiger partial charge in [-0.15, -0.1) is 0 Å². The summed E-state index contributed by atoms with van der Waals surface area (Å²) in [5.41, 5.74) is 0. The van der Waals surface area contributed by atoms with Crippen molar-refractivity contribution in [1.82, 2.24) is 4.90 Å². The Bertz CT molecular complexity index is 213. The van der Waals surface area contributed by atoms with Gasteiger partial charge in [-0.1, -0.05) is 29.9 Å². The van der Waals surface area contributed by atoms with Crippen LogP contribution < -0.4 is 0 Å². The first kappa shape index (κ1) is 11.8. The standard InChI is InChI=1S/C11H20N2S2/c1-2-6-13(7-3-1)8-4-9-14-11-12-5-10-15-11/h1-10H2. The van der Waals surface area contributed by atoms with E-state index in [4.69, 9.17) is 0 Å². The molecule has 0 spiro atoms. The predicted molar refractivity (Wildman–Crippen MR) is 72.1 cm³/mol. The van der Waals surface area contributed by atoms with E-state index in [1.165, 1.54) is 61.2 Å². The molecule has 0 N–H and O–H groups in total.